The van der Waals surface area contributed by atoms with E-state index in [1.807, 2.05) is 10.6 Å². The average Bonchev–Trinajstić information content (AvgIpc) is 2.74. The van der Waals surface area contributed by atoms with Crippen LogP contribution in [0.4, 0.5) is 0 Å². The van der Waals surface area contributed by atoms with Crippen LogP contribution in [0.5, 0.6) is 0 Å². The molecule has 0 aliphatic heterocycles. The number of fused-ring (bicyclic) bond motifs is 1. The summed E-state index contributed by atoms with van der Waals surface area (Å²) in [4.78, 5) is 15.0. The molecule has 1 aromatic carbocycles. The Morgan fingerprint density at radius 2 is 2.05 bits per heavy atom. The molecule has 1 aromatic heterocycles. The molecule has 0 spiro atoms. The molecule has 1 saturated carbocycles. The summed E-state index contributed by atoms with van der Waals surface area (Å²) in [6.45, 7) is 2.27. The molecule has 4 nitrogen and oxygen atoms in total. The Labute approximate surface area is 111 Å². The van der Waals surface area contributed by atoms with Gasteiger partial charge in [-0.3, -0.25) is 4.57 Å². The van der Waals surface area contributed by atoms with Crippen molar-refractivity contribution in [3.63, 3.8) is 0 Å². The predicted octanol–water partition coefficient (Wildman–Crippen LogP) is 2.95. The Morgan fingerprint density at radius 3 is 2.74 bits per heavy atom. The average molecular weight is 255 g/mol. The van der Waals surface area contributed by atoms with Crippen molar-refractivity contribution in [2.24, 2.45) is 5.92 Å². The predicted molar refractivity (Wildman–Crippen MR) is 73.9 cm³/mol. The molecule has 0 bridgehead atoms. The van der Waals surface area contributed by atoms with Gasteiger partial charge in [0.25, 0.3) is 0 Å². The maximum Gasteiger partial charge on any atom is 0.326 e. The Bertz CT molecular complexity index is 696. The van der Waals surface area contributed by atoms with Gasteiger partial charge in [0.1, 0.15) is 0 Å². The quantitative estimate of drug-likeness (QED) is 0.851. The molecule has 1 heterocycles. The standard InChI is InChI=1S/C15H17N3O/c1-10-2-5-12(6-3-10)18-14-7-4-11(9-16)8-13(14)17-15(18)19/h4,7-8,10,12H,2-3,5-6H2,1H3,(H,17,19)/t10-,12-. The van der Waals surface area contributed by atoms with Gasteiger partial charge >= 0.3 is 5.69 Å². The maximum atomic E-state index is 12.1. The SMILES string of the molecule is C[C@H]1CC[C@H](n2c(=O)[nH]c3cc(C#N)ccc32)CC1. The molecule has 0 unspecified atom stereocenters. The van der Waals surface area contributed by atoms with Crippen molar-refractivity contribution < 1.29 is 0 Å². The van der Waals surface area contributed by atoms with E-state index in [-0.39, 0.29) is 5.69 Å². The summed E-state index contributed by atoms with van der Waals surface area (Å²) in [5.41, 5.74) is 2.22. The van der Waals surface area contributed by atoms with E-state index in [1.165, 1.54) is 12.8 Å². The number of nitrogens with one attached hydrogen (secondary N) is 1. The molecule has 4 heteroatoms. The molecular formula is C15H17N3O. The van der Waals surface area contributed by atoms with Gasteiger partial charge in [-0.05, 0) is 49.8 Å². The fourth-order valence-corrected chi connectivity index (χ4v) is 3.06. The van der Waals surface area contributed by atoms with E-state index in [4.69, 9.17) is 5.26 Å². The number of hydrogen-bond donors (Lipinski definition) is 1. The molecule has 19 heavy (non-hydrogen) atoms. The van der Waals surface area contributed by atoms with Crippen LogP contribution in [0.25, 0.3) is 11.0 Å². The van der Waals surface area contributed by atoms with Gasteiger partial charge in [0, 0.05) is 6.04 Å². The summed E-state index contributed by atoms with van der Waals surface area (Å²) < 4.78 is 1.88. The second kappa shape index (κ2) is 4.58. The molecule has 1 aliphatic rings. The monoisotopic (exact) mass is 255 g/mol. The van der Waals surface area contributed by atoms with Crippen molar-refractivity contribution in [2.75, 3.05) is 0 Å². The molecule has 1 fully saturated rings. The van der Waals surface area contributed by atoms with E-state index in [0.717, 1.165) is 29.8 Å². The van der Waals surface area contributed by atoms with Gasteiger partial charge in [-0.1, -0.05) is 6.92 Å². The van der Waals surface area contributed by atoms with E-state index in [1.54, 1.807) is 12.1 Å². The van der Waals surface area contributed by atoms with Crippen molar-refractivity contribution in [1.29, 1.82) is 5.26 Å². The lowest BCUT2D eigenvalue weighted by atomic mass is 9.87. The number of benzene rings is 1. The molecule has 0 saturated heterocycles. The van der Waals surface area contributed by atoms with Crippen LogP contribution in [0.1, 0.15) is 44.2 Å². The minimum atomic E-state index is -0.0513. The zero-order valence-electron chi connectivity index (χ0n) is 11.0. The van der Waals surface area contributed by atoms with Crippen molar-refractivity contribution >= 4 is 11.0 Å². The summed E-state index contributed by atoms with van der Waals surface area (Å²) >= 11 is 0. The molecule has 1 aliphatic carbocycles. The molecule has 0 atom stereocenters. The molecule has 0 amide bonds. The topological polar surface area (TPSA) is 61.6 Å². The summed E-state index contributed by atoms with van der Waals surface area (Å²) in [5, 5.41) is 8.90. The van der Waals surface area contributed by atoms with Gasteiger partial charge in [0.2, 0.25) is 0 Å². The molecule has 2 aromatic rings. The number of H-pyrrole nitrogens is 1. The number of rotatable bonds is 1. The molecule has 3 rings (SSSR count). The highest BCUT2D eigenvalue weighted by Crippen LogP contribution is 2.32. The number of aromatic amines is 1. The third kappa shape index (κ3) is 2.06. The van der Waals surface area contributed by atoms with Gasteiger partial charge in [0.15, 0.2) is 0 Å². The van der Waals surface area contributed by atoms with E-state index >= 15 is 0 Å². The lowest BCUT2D eigenvalue weighted by molar-refractivity contribution is 0.290. The van der Waals surface area contributed by atoms with Crippen LogP contribution in [0, 0.1) is 17.2 Å². The Kier molecular flexibility index (Phi) is 2.90. The lowest BCUT2D eigenvalue weighted by Crippen LogP contribution is -2.25. The summed E-state index contributed by atoms with van der Waals surface area (Å²) in [6, 6.07) is 7.80. The highest BCUT2D eigenvalue weighted by molar-refractivity contribution is 5.77. The first kappa shape index (κ1) is 12.0. The largest absolute Gasteiger partial charge is 0.326 e. The number of nitrogens with zero attached hydrogens (tertiary/aromatic N) is 2. The van der Waals surface area contributed by atoms with E-state index in [9.17, 15) is 4.79 Å². The number of aromatic nitrogens is 2. The second-order valence-electron chi connectivity index (χ2n) is 5.56. The molecule has 1 N–H and O–H groups in total. The van der Waals surface area contributed by atoms with E-state index in [2.05, 4.69) is 18.0 Å². The summed E-state index contributed by atoms with van der Waals surface area (Å²) in [5.74, 6) is 0.766. The highest BCUT2D eigenvalue weighted by Gasteiger charge is 2.22. The van der Waals surface area contributed by atoms with Crippen LogP contribution < -0.4 is 5.69 Å². The van der Waals surface area contributed by atoms with Crippen LogP contribution in [0.3, 0.4) is 0 Å². The first-order valence-corrected chi connectivity index (χ1v) is 6.83. The van der Waals surface area contributed by atoms with Crippen molar-refractivity contribution in [3.05, 3.63) is 34.2 Å². The first-order valence-electron chi connectivity index (χ1n) is 6.83. The van der Waals surface area contributed by atoms with Crippen LogP contribution in [-0.2, 0) is 0 Å². The maximum absolute atomic E-state index is 12.1. The Balaban J connectivity index is 2.06. The Morgan fingerprint density at radius 1 is 1.32 bits per heavy atom. The van der Waals surface area contributed by atoms with Gasteiger partial charge in [0.05, 0.1) is 22.7 Å². The minimum absolute atomic E-state index is 0.0513. The van der Waals surface area contributed by atoms with Crippen LogP contribution >= 0.6 is 0 Å². The zero-order chi connectivity index (χ0) is 13.4. The van der Waals surface area contributed by atoms with E-state index in [0.29, 0.717) is 11.6 Å². The van der Waals surface area contributed by atoms with Gasteiger partial charge < -0.3 is 4.98 Å². The van der Waals surface area contributed by atoms with Crippen LogP contribution in [0.2, 0.25) is 0 Å². The normalized spacial score (nSPS) is 23.4. The van der Waals surface area contributed by atoms with Crippen molar-refractivity contribution in [1.82, 2.24) is 9.55 Å². The first-order chi connectivity index (χ1) is 9.19. The third-order valence-electron chi connectivity index (χ3n) is 4.20. The van der Waals surface area contributed by atoms with E-state index < -0.39 is 0 Å². The zero-order valence-corrected chi connectivity index (χ0v) is 11.0. The number of imidazole rings is 1. The third-order valence-corrected chi connectivity index (χ3v) is 4.20. The van der Waals surface area contributed by atoms with Crippen LogP contribution in [0.15, 0.2) is 23.0 Å². The fourth-order valence-electron chi connectivity index (χ4n) is 3.06. The van der Waals surface area contributed by atoms with Crippen molar-refractivity contribution in [2.45, 2.75) is 38.6 Å². The van der Waals surface area contributed by atoms with Crippen molar-refractivity contribution in [3.8, 4) is 6.07 Å². The second-order valence-corrected chi connectivity index (χ2v) is 5.56. The minimum Gasteiger partial charge on any atom is -0.305 e. The number of hydrogen-bond acceptors (Lipinski definition) is 2. The smallest absolute Gasteiger partial charge is 0.305 e. The highest BCUT2D eigenvalue weighted by atomic mass is 16.1. The lowest BCUT2D eigenvalue weighted by Gasteiger charge is -2.27. The van der Waals surface area contributed by atoms with Gasteiger partial charge in [-0.2, -0.15) is 5.26 Å². The fraction of sp³-hybridized carbons (Fsp3) is 0.467. The molecule has 0 radical (unpaired) electrons. The summed E-state index contributed by atoms with van der Waals surface area (Å²) in [7, 11) is 0. The van der Waals surface area contributed by atoms with Gasteiger partial charge in [-0.25, -0.2) is 4.79 Å². The van der Waals surface area contributed by atoms with Crippen LogP contribution in [-0.4, -0.2) is 9.55 Å². The molecular weight excluding hydrogens is 238 g/mol. The summed E-state index contributed by atoms with van der Waals surface area (Å²) in [6.07, 6.45) is 4.49. The Hall–Kier alpha value is -2.02. The molecule has 98 valence electrons. The number of nitriles is 1. The van der Waals surface area contributed by atoms with Gasteiger partial charge in [-0.15, -0.1) is 0 Å².